The summed E-state index contributed by atoms with van der Waals surface area (Å²) in [5, 5.41) is 13.2. The second-order valence-electron chi connectivity index (χ2n) is 7.50. The fourth-order valence-electron chi connectivity index (χ4n) is 3.62. The Morgan fingerprint density at radius 3 is 2.25 bits per heavy atom. The summed E-state index contributed by atoms with van der Waals surface area (Å²) in [5.41, 5.74) is 2.92. The van der Waals surface area contributed by atoms with E-state index in [4.69, 9.17) is 4.74 Å². The van der Waals surface area contributed by atoms with Gasteiger partial charge in [0.25, 0.3) is 0 Å². The molecule has 0 bridgehead atoms. The summed E-state index contributed by atoms with van der Waals surface area (Å²) >= 11 is 0. The van der Waals surface area contributed by atoms with Gasteiger partial charge < -0.3 is 19.7 Å². The first-order valence-corrected chi connectivity index (χ1v) is 10.4. The van der Waals surface area contributed by atoms with Gasteiger partial charge in [-0.25, -0.2) is 4.79 Å². The molecule has 0 saturated heterocycles. The molecule has 0 unspecified atom stereocenters. The third kappa shape index (κ3) is 5.16. The molecule has 32 heavy (non-hydrogen) atoms. The van der Waals surface area contributed by atoms with Crippen LogP contribution in [0.25, 0.3) is 10.9 Å². The van der Waals surface area contributed by atoms with Crippen molar-refractivity contribution in [2.45, 2.75) is 19.6 Å². The highest BCUT2D eigenvalue weighted by Gasteiger charge is 2.17. The number of amides is 1. The molecule has 4 aromatic rings. The van der Waals surface area contributed by atoms with Gasteiger partial charge in [-0.3, -0.25) is 4.79 Å². The summed E-state index contributed by atoms with van der Waals surface area (Å²) in [5.74, 6) is -0.668. The van der Waals surface area contributed by atoms with Crippen LogP contribution in [-0.4, -0.2) is 28.1 Å². The minimum Gasteiger partial charge on any atom is -0.489 e. The molecule has 1 amide bonds. The van der Waals surface area contributed by atoms with Gasteiger partial charge in [-0.2, -0.15) is 0 Å². The molecule has 0 atom stereocenters. The zero-order valence-corrected chi connectivity index (χ0v) is 17.5. The van der Waals surface area contributed by atoms with Crippen molar-refractivity contribution >= 4 is 22.8 Å². The molecular weight excluding hydrogens is 404 g/mol. The Kier molecular flexibility index (Phi) is 6.51. The number of nitrogens with one attached hydrogen (secondary N) is 1. The van der Waals surface area contributed by atoms with Crippen molar-refractivity contribution in [2.24, 2.45) is 0 Å². The van der Waals surface area contributed by atoms with Gasteiger partial charge in [-0.1, -0.05) is 60.7 Å². The zero-order chi connectivity index (χ0) is 22.3. The number of carbonyl (C=O) groups excluding carboxylic acids is 1. The van der Waals surface area contributed by atoms with Crippen LogP contribution in [0.2, 0.25) is 0 Å². The third-order valence-electron chi connectivity index (χ3n) is 5.22. The predicted octanol–water partition coefficient (Wildman–Crippen LogP) is 4.28. The number of carboxylic acids is 1. The van der Waals surface area contributed by atoms with Gasteiger partial charge in [0.1, 0.15) is 24.6 Å². The Hall–Kier alpha value is -4.06. The quantitative estimate of drug-likeness (QED) is 0.417. The first-order chi connectivity index (χ1) is 15.6. The highest BCUT2D eigenvalue weighted by Crippen LogP contribution is 2.25. The van der Waals surface area contributed by atoms with Gasteiger partial charge in [-0.15, -0.1) is 0 Å². The highest BCUT2D eigenvalue weighted by molar-refractivity contribution is 5.96. The molecule has 4 rings (SSSR count). The van der Waals surface area contributed by atoms with E-state index in [0.717, 1.165) is 11.1 Å². The predicted molar refractivity (Wildman–Crippen MR) is 123 cm³/mol. The molecule has 0 aliphatic carbocycles. The van der Waals surface area contributed by atoms with Crippen LogP contribution >= 0.6 is 0 Å². The highest BCUT2D eigenvalue weighted by atomic mass is 16.5. The minimum atomic E-state index is -1.08. The fraction of sp³-hybridized carbons (Fsp3) is 0.154. The second-order valence-corrected chi connectivity index (χ2v) is 7.50. The van der Waals surface area contributed by atoms with Gasteiger partial charge in [0, 0.05) is 17.4 Å². The molecule has 3 aromatic carbocycles. The van der Waals surface area contributed by atoms with Crippen molar-refractivity contribution in [3.8, 4) is 5.75 Å². The first-order valence-electron chi connectivity index (χ1n) is 10.4. The lowest BCUT2D eigenvalue weighted by atomic mass is 10.1. The average Bonchev–Trinajstić information content (AvgIpc) is 3.17. The molecule has 0 fully saturated rings. The zero-order valence-electron chi connectivity index (χ0n) is 17.5. The van der Waals surface area contributed by atoms with Crippen LogP contribution in [0.4, 0.5) is 0 Å². The lowest BCUT2D eigenvalue weighted by molar-refractivity contribution is -0.121. The van der Waals surface area contributed by atoms with Crippen LogP contribution in [0.5, 0.6) is 5.75 Å². The topological polar surface area (TPSA) is 80.6 Å². The van der Waals surface area contributed by atoms with E-state index in [9.17, 15) is 14.7 Å². The summed E-state index contributed by atoms with van der Waals surface area (Å²) < 4.78 is 7.37. The van der Waals surface area contributed by atoms with E-state index in [0.29, 0.717) is 36.2 Å². The molecule has 0 aliphatic rings. The maximum atomic E-state index is 12.5. The normalized spacial score (nSPS) is 10.8. The number of fused-ring (bicyclic) bond motifs is 1. The molecule has 1 heterocycles. The molecule has 1 aromatic heterocycles. The van der Waals surface area contributed by atoms with Crippen molar-refractivity contribution in [1.29, 1.82) is 0 Å². The summed E-state index contributed by atoms with van der Waals surface area (Å²) in [6.07, 6.45) is 0.715. The number of rotatable bonds is 9. The van der Waals surface area contributed by atoms with Crippen molar-refractivity contribution in [1.82, 2.24) is 9.88 Å². The second kappa shape index (κ2) is 9.83. The van der Waals surface area contributed by atoms with Crippen LogP contribution in [0.15, 0.2) is 84.9 Å². The SMILES string of the molecule is O=C(Cn1c(C(=O)O)cc2cc(OCc3ccccc3)ccc21)NCCc1ccccc1. The Labute approximate surface area is 186 Å². The number of hydrogen-bond acceptors (Lipinski definition) is 3. The third-order valence-corrected chi connectivity index (χ3v) is 5.22. The molecule has 0 spiro atoms. The van der Waals surface area contributed by atoms with Crippen LogP contribution in [0.1, 0.15) is 21.6 Å². The molecule has 6 nitrogen and oxygen atoms in total. The van der Waals surface area contributed by atoms with E-state index in [2.05, 4.69) is 5.32 Å². The van der Waals surface area contributed by atoms with E-state index in [-0.39, 0.29) is 18.1 Å². The van der Waals surface area contributed by atoms with E-state index >= 15 is 0 Å². The van der Waals surface area contributed by atoms with Crippen molar-refractivity contribution in [2.75, 3.05) is 6.54 Å². The Morgan fingerprint density at radius 2 is 1.56 bits per heavy atom. The molecule has 0 saturated carbocycles. The van der Waals surface area contributed by atoms with Crippen LogP contribution in [-0.2, 0) is 24.4 Å². The van der Waals surface area contributed by atoms with E-state index < -0.39 is 5.97 Å². The molecule has 0 aliphatic heterocycles. The lowest BCUT2D eigenvalue weighted by Crippen LogP contribution is -2.30. The number of ether oxygens (including phenoxy) is 1. The Morgan fingerprint density at radius 1 is 0.875 bits per heavy atom. The van der Waals surface area contributed by atoms with Gasteiger partial charge in [-0.05, 0) is 41.8 Å². The lowest BCUT2D eigenvalue weighted by Gasteiger charge is -2.10. The monoisotopic (exact) mass is 428 g/mol. The minimum absolute atomic E-state index is 0.0653. The van der Waals surface area contributed by atoms with Crippen molar-refractivity contribution < 1.29 is 19.4 Å². The van der Waals surface area contributed by atoms with Gasteiger partial charge >= 0.3 is 5.97 Å². The molecule has 2 N–H and O–H groups in total. The summed E-state index contributed by atoms with van der Waals surface area (Å²) in [4.78, 5) is 24.3. The first kappa shape index (κ1) is 21.2. The van der Waals surface area contributed by atoms with Gasteiger partial charge in [0.2, 0.25) is 5.91 Å². The number of carbonyl (C=O) groups is 2. The summed E-state index contributed by atoms with van der Waals surface area (Å²) in [6.45, 7) is 0.842. The van der Waals surface area contributed by atoms with Crippen molar-refractivity contribution in [3.63, 3.8) is 0 Å². The van der Waals surface area contributed by atoms with Crippen LogP contribution in [0.3, 0.4) is 0 Å². The number of hydrogen-bond donors (Lipinski definition) is 2. The smallest absolute Gasteiger partial charge is 0.352 e. The molecule has 162 valence electrons. The molecule has 6 heteroatoms. The maximum absolute atomic E-state index is 12.5. The number of benzene rings is 3. The molecular formula is C26H24N2O4. The molecule has 0 radical (unpaired) electrons. The average molecular weight is 428 g/mol. The Bertz CT molecular complexity index is 1220. The van der Waals surface area contributed by atoms with Crippen LogP contribution < -0.4 is 10.1 Å². The van der Waals surface area contributed by atoms with Gasteiger partial charge in [0.05, 0.1) is 0 Å². The summed E-state index contributed by atoms with van der Waals surface area (Å²) in [7, 11) is 0. The van der Waals surface area contributed by atoms with E-state index in [1.165, 1.54) is 4.57 Å². The number of nitrogens with zero attached hydrogens (tertiary/aromatic N) is 1. The summed E-state index contributed by atoms with van der Waals surface area (Å²) in [6, 6.07) is 26.6. The van der Waals surface area contributed by atoms with Crippen molar-refractivity contribution in [3.05, 3.63) is 102 Å². The maximum Gasteiger partial charge on any atom is 0.352 e. The fourth-order valence-corrected chi connectivity index (χ4v) is 3.62. The number of carboxylic acid groups (broad SMARTS) is 1. The van der Waals surface area contributed by atoms with E-state index in [1.54, 1.807) is 24.3 Å². The number of aromatic carboxylic acids is 1. The van der Waals surface area contributed by atoms with Crippen LogP contribution in [0, 0.1) is 0 Å². The number of aromatic nitrogens is 1. The largest absolute Gasteiger partial charge is 0.489 e. The standard InChI is InChI=1S/C26H24N2O4/c29-25(27-14-13-19-7-3-1-4-8-19)17-28-23-12-11-22(15-21(23)16-24(28)26(30)31)32-18-20-9-5-2-6-10-20/h1-12,15-16H,13-14,17-18H2,(H,27,29)(H,30,31). The Balaban J connectivity index is 1.45. The van der Waals surface area contributed by atoms with Gasteiger partial charge in [0.15, 0.2) is 0 Å². The van der Waals surface area contributed by atoms with E-state index in [1.807, 2.05) is 60.7 Å².